The summed E-state index contributed by atoms with van der Waals surface area (Å²) in [6, 6.07) is 1.88. The first-order valence-corrected chi connectivity index (χ1v) is 10.9. The van der Waals surface area contributed by atoms with E-state index in [0.29, 0.717) is 44.8 Å². The molecule has 0 unspecified atom stereocenters. The summed E-state index contributed by atoms with van der Waals surface area (Å²) in [5.74, 6) is -0.0845. The number of pyridine rings is 1. The molecule has 0 bridgehead atoms. The van der Waals surface area contributed by atoms with Crippen LogP contribution in [-0.4, -0.2) is 59.4 Å². The van der Waals surface area contributed by atoms with Crippen LogP contribution in [0.4, 0.5) is 4.79 Å². The van der Waals surface area contributed by atoms with Crippen LogP contribution in [0.5, 0.6) is 5.75 Å². The predicted molar refractivity (Wildman–Crippen MR) is 118 cm³/mol. The second-order valence-corrected chi connectivity index (χ2v) is 9.99. The largest absolute Gasteiger partial charge is 0.491 e. The molecule has 1 aliphatic heterocycles. The maximum atomic E-state index is 13.1. The number of amides is 1. The summed E-state index contributed by atoms with van der Waals surface area (Å²) < 4.78 is 16.8. The summed E-state index contributed by atoms with van der Waals surface area (Å²) in [6.07, 6.45) is 4.17. The van der Waals surface area contributed by atoms with Crippen LogP contribution < -0.4 is 10.5 Å². The van der Waals surface area contributed by atoms with E-state index in [4.69, 9.17) is 19.9 Å². The Balaban J connectivity index is 2.16. The van der Waals surface area contributed by atoms with E-state index < -0.39 is 17.1 Å². The Morgan fingerprint density at radius 2 is 1.84 bits per heavy atom. The van der Waals surface area contributed by atoms with Crippen molar-refractivity contribution in [3.63, 3.8) is 0 Å². The first kappa shape index (κ1) is 24.9. The van der Waals surface area contributed by atoms with Gasteiger partial charge < -0.3 is 24.8 Å². The standard InChI is InChI=1S/C23H37N3O5/c1-22(2,3)30-20(27)19(12-16-11-18(14-25-13-16)29-10-8-24)17-7-9-26(15-17)21(28)31-23(4,5)6/h11,13-14,17,19H,7-10,12,15,24H2,1-6H3/t17-,19-/m0/s1. The maximum Gasteiger partial charge on any atom is 0.410 e. The number of rotatable bonds is 7. The van der Waals surface area contributed by atoms with Crippen LogP contribution in [-0.2, 0) is 20.7 Å². The van der Waals surface area contributed by atoms with Gasteiger partial charge in [0.2, 0.25) is 0 Å². The van der Waals surface area contributed by atoms with Crippen molar-refractivity contribution in [2.75, 3.05) is 26.2 Å². The fourth-order valence-corrected chi connectivity index (χ4v) is 3.51. The van der Waals surface area contributed by atoms with Gasteiger partial charge in [-0.05, 0) is 71.9 Å². The summed E-state index contributed by atoms with van der Waals surface area (Å²) in [6.45, 7) is 12.9. The van der Waals surface area contributed by atoms with Crippen molar-refractivity contribution in [2.24, 2.45) is 17.6 Å². The highest BCUT2D eigenvalue weighted by atomic mass is 16.6. The van der Waals surface area contributed by atoms with Crippen molar-refractivity contribution in [2.45, 2.75) is 65.6 Å². The van der Waals surface area contributed by atoms with Crippen molar-refractivity contribution in [1.29, 1.82) is 0 Å². The van der Waals surface area contributed by atoms with Crippen molar-refractivity contribution in [3.8, 4) is 5.75 Å². The van der Waals surface area contributed by atoms with E-state index >= 15 is 0 Å². The lowest BCUT2D eigenvalue weighted by Gasteiger charge is -2.28. The number of nitrogens with two attached hydrogens (primary N) is 1. The molecule has 1 saturated heterocycles. The second kappa shape index (κ2) is 10.3. The molecule has 1 amide bonds. The van der Waals surface area contributed by atoms with Crippen LogP contribution in [0.2, 0.25) is 0 Å². The minimum absolute atomic E-state index is 0.0315. The third-order valence-electron chi connectivity index (χ3n) is 4.77. The normalized spacial score (nSPS) is 17.9. The van der Waals surface area contributed by atoms with E-state index in [-0.39, 0.29) is 18.0 Å². The Morgan fingerprint density at radius 3 is 2.45 bits per heavy atom. The van der Waals surface area contributed by atoms with Gasteiger partial charge in [0.05, 0.1) is 12.1 Å². The number of likely N-dealkylation sites (tertiary alicyclic amines) is 1. The zero-order valence-corrected chi connectivity index (χ0v) is 19.6. The highest BCUT2D eigenvalue weighted by molar-refractivity contribution is 5.74. The number of aromatic nitrogens is 1. The number of nitrogens with zero attached hydrogens (tertiary/aromatic N) is 2. The fraction of sp³-hybridized carbons (Fsp3) is 0.696. The maximum absolute atomic E-state index is 13.1. The molecule has 1 aromatic heterocycles. The number of ether oxygens (including phenoxy) is 3. The van der Waals surface area contributed by atoms with Gasteiger partial charge in [0.15, 0.2) is 0 Å². The van der Waals surface area contributed by atoms with Crippen molar-refractivity contribution in [3.05, 3.63) is 24.0 Å². The highest BCUT2D eigenvalue weighted by Gasteiger charge is 2.39. The number of carbonyl (C=O) groups is 2. The van der Waals surface area contributed by atoms with Gasteiger partial charge in [0.25, 0.3) is 0 Å². The Bertz CT molecular complexity index is 754. The summed E-state index contributed by atoms with van der Waals surface area (Å²) in [5.41, 5.74) is 5.22. The topological polar surface area (TPSA) is 104 Å². The zero-order valence-electron chi connectivity index (χ0n) is 19.6. The summed E-state index contributed by atoms with van der Waals surface area (Å²) in [5, 5.41) is 0. The molecule has 1 aliphatic rings. The van der Waals surface area contributed by atoms with Gasteiger partial charge in [-0.25, -0.2) is 4.79 Å². The van der Waals surface area contributed by atoms with Gasteiger partial charge in [-0.15, -0.1) is 0 Å². The molecule has 8 nitrogen and oxygen atoms in total. The molecular formula is C23H37N3O5. The third-order valence-corrected chi connectivity index (χ3v) is 4.77. The number of esters is 1. The first-order chi connectivity index (χ1) is 14.4. The summed E-state index contributed by atoms with van der Waals surface area (Å²) in [7, 11) is 0. The number of carbonyl (C=O) groups excluding carboxylic acids is 2. The molecule has 0 aromatic carbocycles. The summed E-state index contributed by atoms with van der Waals surface area (Å²) in [4.78, 5) is 31.5. The van der Waals surface area contributed by atoms with E-state index in [0.717, 1.165) is 5.56 Å². The van der Waals surface area contributed by atoms with Gasteiger partial charge >= 0.3 is 12.1 Å². The third kappa shape index (κ3) is 8.36. The SMILES string of the molecule is CC(C)(C)OC(=O)[C@@H](Cc1cncc(OCCN)c1)[C@H]1CCN(C(=O)OC(C)(C)C)C1. The van der Waals surface area contributed by atoms with Gasteiger partial charge in [0.1, 0.15) is 23.6 Å². The molecule has 2 rings (SSSR count). The van der Waals surface area contributed by atoms with Gasteiger partial charge in [-0.1, -0.05) is 0 Å². The summed E-state index contributed by atoms with van der Waals surface area (Å²) >= 11 is 0. The highest BCUT2D eigenvalue weighted by Crippen LogP contribution is 2.31. The van der Waals surface area contributed by atoms with E-state index in [1.165, 1.54) is 0 Å². The first-order valence-electron chi connectivity index (χ1n) is 10.9. The molecule has 2 atom stereocenters. The number of hydrogen-bond acceptors (Lipinski definition) is 7. The van der Waals surface area contributed by atoms with Crippen molar-refractivity contribution in [1.82, 2.24) is 9.88 Å². The Labute approximate surface area is 185 Å². The quantitative estimate of drug-likeness (QED) is 0.656. The minimum atomic E-state index is -0.594. The van der Waals surface area contributed by atoms with E-state index in [9.17, 15) is 9.59 Å². The lowest BCUT2D eigenvalue weighted by Crippen LogP contribution is -2.38. The van der Waals surface area contributed by atoms with E-state index in [1.807, 2.05) is 47.6 Å². The second-order valence-electron chi connectivity index (χ2n) is 9.99. The van der Waals surface area contributed by atoms with E-state index in [1.54, 1.807) is 17.3 Å². The molecule has 2 heterocycles. The van der Waals surface area contributed by atoms with Crippen LogP contribution in [0, 0.1) is 11.8 Å². The van der Waals surface area contributed by atoms with Crippen LogP contribution in [0.3, 0.4) is 0 Å². The molecule has 174 valence electrons. The Morgan fingerprint density at radius 1 is 1.16 bits per heavy atom. The van der Waals surface area contributed by atoms with Crippen molar-refractivity contribution >= 4 is 12.1 Å². The van der Waals surface area contributed by atoms with Gasteiger partial charge in [-0.3, -0.25) is 9.78 Å². The molecule has 0 radical (unpaired) electrons. The smallest absolute Gasteiger partial charge is 0.410 e. The van der Waals surface area contributed by atoms with Crippen LogP contribution >= 0.6 is 0 Å². The van der Waals surface area contributed by atoms with Gasteiger partial charge in [-0.2, -0.15) is 0 Å². The molecule has 8 heteroatoms. The Hall–Kier alpha value is -2.35. The average molecular weight is 436 g/mol. The zero-order chi connectivity index (χ0) is 23.2. The lowest BCUT2D eigenvalue weighted by atomic mass is 9.86. The lowest BCUT2D eigenvalue weighted by molar-refractivity contribution is -0.161. The molecule has 31 heavy (non-hydrogen) atoms. The van der Waals surface area contributed by atoms with Crippen LogP contribution in [0.25, 0.3) is 0 Å². The van der Waals surface area contributed by atoms with Gasteiger partial charge in [0, 0.05) is 25.8 Å². The molecule has 1 fully saturated rings. The molecule has 0 spiro atoms. The van der Waals surface area contributed by atoms with Crippen LogP contribution in [0.15, 0.2) is 18.5 Å². The molecule has 0 aliphatic carbocycles. The minimum Gasteiger partial charge on any atom is -0.491 e. The predicted octanol–water partition coefficient (Wildman–Crippen LogP) is 3.18. The molecule has 1 aromatic rings. The van der Waals surface area contributed by atoms with Crippen molar-refractivity contribution < 1.29 is 23.8 Å². The van der Waals surface area contributed by atoms with Crippen LogP contribution in [0.1, 0.15) is 53.5 Å². The Kier molecular flexibility index (Phi) is 8.28. The molecular weight excluding hydrogens is 398 g/mol. The molecule has 0 saturated carbocycles. The van der Waals surface area contributed by atoms with E-state index in [2.05, 4.69) is 4.98 Å². The monoisotopic (exact) mass is 435 g/mol. The molecule has 2 N–H and O–H groups in total. The fourth-order valence-electron chi connectivity index (χ4n) is 3.51. The number of hydrogen-bond donors (Lipinski definition) is 1. The average Bonchev–Trinajstić information content (AvgIpc) is 3.12.